The van der Waals surface area contributed by atoms with E-state index >= 15 is 0 Å². The molecule has 0 radical (unpaired) electrons. The monoisotopic (exact) mass is 700 g/mol. The van der Waals surface area contributed by atoms with E-state index in [0.717, 1.165) is 23.8 Å². The van der Waals surface area contributed by atoms with Crippen molar-refractivity contribution in [1.82, 2.24) is 16.0 Å². The number of alkyl halides is 3. The summed E-state index contributed by atoms with van der Waals surface area (Å²) < 4.78 is 53.5. The van der Waals surface area contributed by atoms with E-state index in [1.165, 1.54) is 0 Å². The molecular weight excluding hydrogens is 660 g/mol. The van der Waals surface area contributed by atoms with Crippen molar-refractivity contribution in [2.45, 2.75) is 57.2 Å². The first kappa shape index (κ1) is 38.7. The highest BCUT2D eigenvalue weighted by Gasteiger charge is 2.37. The molecule has 2 unspecified atom stereocenters. The zero-order valence-electron chi connectivity index (χ0n) is 27.0. The maximum absolute atomic E-state index is 13.7. The van der Waals surface area contributed by atoms with Gasteiger partial charge in [0, 0.05) is 12.0 Å². The van der Waals surface area contributed by atoms with Gasteiger partial charge in [0.05, 0.1) is 5.56 Å². The van der Waals surface area contributed by atoms with Crippen molar-refractivity contribution in [2.75, 3.05) is 6.16 Å². The zero-order valence-corrected chi connectivity index (χ0v) is 27.9. The highest BCUT2D eigenvalue weighted by atomic mass is 31.2. The molecular formula is C35H40F3N4O6P. The van der Waals surface area contributed by atoms with E-state index < -0.39 is 72.3 Å². The molecule has 3 aromatic carbocycles. The Morgan fingerprint density at radius 2 is 1.51 bits per heavy atom. The van der Waals surface area contributed by atoms with Gasteiger partial charge in [-0.3, -0.25) is 23.7 Å². The van der Waals surface area contributed by atoms with Crippen molar-refractivity contribution in [3.05, 3.63) is 113 Å². The Labute approximate surface area is 282 Å². The lowest BCUT2D eigenvalue weighted by atomic mass is 10.0. The summed E-state index contributed by atoms with van der Waals surface area (Å²) >= 11 is 0. The van der Waals surface area contributed by atoms with Crippen molar-refractivity contribution in [3.63, 3.8) is 0 Å². The number of hydrogen-bond donors (Lipinski definition) is 5. The van der Waals surface area contributed by atoms with E-state index in [2.05, 4.69) is 16.0 Å². The van der Waals surface area contributed by atoms with Crippen molar-refractivity contribution < 1.29 is 41.8 Å². The van der Waals surface area contributed by atoms with Crippen LogP contribution in [0.15, 0.2) is 91.0 Å². The number of primary amides is 1. The third-order valence-corrected chi connectivity index (χ3v) is 9.41. The minimum Gasteiger partial charge on any atom is -0.368 e. The van der Waals surface area contributed by atoms with Crippen molar-refractivity contribution >= 4 is 37.1 Å². The van der Waals surface area contributed by atoms with E-state index in [0.29, 0.717) is 11.6 Å². The predicted octanol–water partition coefficient (Wildman–Crippen LogP) is 4.88. The van der Waals surface area contributed by atoms with E-state index in [-0.39, 0.29) is 25.2 Å². The first-order valence-electron chi connectivity index (χ1n) is 15.5. The lowest BCUT2D eigenvalue weighted by Gasteiger charge is -2.26. The lowest BCUT2D eigenvalue weighted by Crippen LogP contribution is -2.53. The average Bonchev–Trinajstić information content (AvgIpc) is 3.03. The van der Waals surface area contributed by atoms with Crippen LogP contribution in [0.1, 0.15) is 53.7 Å². The zero-order chi connectivity index (χ0) is 36.2. The molecule has 3 aromatic rings. The Morgan fingerprint density at radius 1 is 0.878 bits per heavy atom. The van der Waals surface area contributed by atoms with Crippen LogP contribution in [0, 0.1) is 5.92 Å². The molecule has 14 heteroatoms. The van der Waals surface area contributed by atoms with Crippen molar-refractivity contribution in [2.24, 2.45) is 11.7 Å². The largest absolute Gasteiger partial charge is 0.416 e. The van der Waals surface area contributed by atoms with Gasteiger partial charge in [-0.2, -0.15) is 13.2 Å². The maximum atomic E-state index is 13.7. The Morgan fingerprint density at radius 3 is 2.10 bits per heavy atom. The molecule has 262 valence electrons. The number of rotatable bonds is 16. The molecule has 0 aliphatic rings. The van der Waals surface area contributed by atoms with Gasteiger partial charge >= 0.3 is 6.18 Å². The summed E-state index contributed by atoms with van der Waals surface area (Å²) in [5.41, 5.74) is 5.43. The van der Waals surface area contributed by atoms with Crippen molar-refractivity contribution in [1.29, 1.82) is 0 Å². The van der Waals surface area contributed by atoms with Gasteiger partial charge in [-0.05, 0) is 48.1 Å². The van der Waals surface area contributed by atoms with E-state index in [9.17, 15) is 41.8 Å². The van der Waals surface area contributed by atoms with Crippen LogP contribution < -0.4 is 21.7 Å². The molecule has 3 rings (SSSR count). The third-order valence-electron chi connectivity index (χ3n) is 7.38. The molecule has 4 amide bonds. The maximum Gasteiger partial charge on any atom is 0.416 e. The minimum atomic E-state index is -4.72. The van der Waals surface area contributed by atoms with Gasteiger partial charge in [-0.15, -0.1) is 0 Å². The molecule has 49 heavy (non-hydrogen) atoms. The molecule has 0 spiro atoms. The Hall–Kier alpha value is -4.74. The van der Waals surface area contributed by atoms with Gasteiger partial charge < -0.3 is 26.6 Å². The lowest BCUT2D eigenvalue weighted by molar-refractivity contribution is -0.137. The van der Waals surface area contributed by atoms with E-state index in [1.54, 1.807) is 56.3 Å². The fourth-order valence-corrected chi connectivity index (χ4v) is 6.42. The summed E-state index contributed by atoms with van der Waals surface area (Å²) in [6.45, 7) is 3.58. The second-order valence-corrected chi connectivity index (χ2v) is 14.4. The van der Waals surface area contributed by atoms with Crippen LogP contribution in [0.3, 0.4) is 0 Å². The summed E-state index contributed by atoms with van der Waals surface area (Å²) in [6.07, 6.45) is -2.36. The SMILES string of the molecule is CC(C)C[C@H](NC(=O)CP(=O)(O)C(Cc1ccccc1)NC(=O)c1cccc(C(F)(F)F)c1)C(=O)N[C@@H](C/C=C/c1ccccc1)C(N)=O. The predicted molar refractivity (Wildman–Crippen MR) is 180 cm³/mol. The number of halogens is 3. The first-order chi connectivity index (χ1) is 23.0. The molecule has 0 saturated carbocycles. The van der Waals surface area contributed by atoms with E-state index in [1.807, 2.05) is 30.3 Å². The Bertz CT molecular complexity index is 1670. The molecule has 0 aliphatic heterocycles. The molecule has 0 bridgehead atoms. The van der Waals surface area contributed by atoms with Gasteiger partial charge in [0.15, 0.2) is 0 Å². The number of benzene rings is 3. The molecule has 0 fully saturated rings. The second-order valence-electron chi connectivity index (χ2n) is 11.9. The molecule has 10 nitrogen and oxygen atoms in total. The highest BCUT2D eigenvalue weighted by Crippen LogP contribution is 2.46. The first-order valence-corrected chi connectivity index (χ1v) is 17.4. The van der Waals surface area contributed by atoms with Gasteiger partial charge in [0.1, 0.15) is 24.0 Å². The summed E-state index contributed by atoms with van der Waals surface area (Å²) in [5, 5.41) is 7.36. The van der Waals surface area contributed by atoms with Gasteiger partial charge in [0.25, 0.3) is 5.91 Å². The molecule has 0 aromatic heterocycles. The summed E-state index contributed by atoms with van der Waals surface area (Å²) in [6, 6.07) is 18.7. The number of hydrogen-bond acceptors (Lipinski definition) is 5. The number of amides is 4. The molecule has 0 aliphatic carbocycles. The number of carbonyl (C=O) groups excluding carboxylic acids is 4. The normalized spacial score (nSPS) is 14.8. The average molecular weight is 701 g/mol. The highest BCUT2D eigenvalue weighted by molar-refractivity contribution is 7.59. The molecule has 4 atom stereocenters. The summed E-state index contributed by atoms with van der Waals surface area (Å²) in [7, 11) is -4.63. The van der Waals surface area contributed by atoms with Gasteiger partial charge in [-0.25, -0.2) is 0 Å². The van der Waals surface area contributed by atoms with Crippen LogP contribution in [0.4, 0.5) is 13.2 Å². The fourth-order valence-electron chi connectivity index (χ4n) is 4.89. The summed E-state index contributed by atoms with van der Waals surface area (Å²) in [4.78, 5) is 62.8. The number of nitrogens with two attached hydrogens (primary N) is 1. The van der Waals surface area contributed by atoms with Crippen LogP contribution in [-0.2, 0) is 31.5 Å². The van der Waals surface area contributed by atoms with Gasteiger partial charge in [0.2, 0.25) is 25.1 Å². The van der Waals surface area contributed by atoms with E-state index in [4.69, 9.17) is 5.73 Å². The van der Waals surface area contributed by atoms with Crippen molar-refractivity contribution in [3.8, 4) is 0 Å². The molecule has 0 heterocycles. The summed E-state index contributed by atoms with van der Waals surface area (Å²) in [5.74, 6) is -5.27. The smallest absolute Gasteiger partial charge is 0.368 e. The quantitative estimate of drug-likeness (QED) is 0.134. The third kappa shape index (κ3) is 12.7. The van der Waals surface area contributed by atoms with Crippen LogP contribution in [0.2, 0.25) is 0 Å². The Kier molecular flexibility index (Phi) is 13.9. The minimum absolute atomic E-state index is 0.0664. The van der Waals surface area contributed by atoms with Crippen LogP contribution in [0.25, 0.3) is 6.08 Å². The number of nitrogens with one attached hydrogen (secondary N) is 3. The van der Waals surface area contributed by atoms with Crippen LogP contribution in [-0.4, -0.2) is 52.6 Å². The second kappa shape index (κ2) is 17.6. The van der Waals surface area contributed by atoms with Crippen LogP contribution in [0.5, 0.6) is 0 Å². The molecule has 6 N–H and O–H groups in total. The standard InChI is InChI=1S/C35H40F3N4O6P/c1-23(2)19-29(34(46)41-28(32(39)44)18-9-15-24-11-5-3-6-12-24)40-30(43)22-49(47,48)31(20-25-13-7-4-8-14-25)42-33(45)26-16-10-17-27(21-26)35(36,37)38/h3-17,21,23,28-29,31H,18-20,22H2,1-2H3,(H2,39,44)(H,40,43)(H,41,46)(H,42,45)(H,47,48)/b15-9+/t28-,29-,31?/m0/s1. The molecule has 0 saturated heterocycles. The number of carbonyl (C=O) groups is 4. The van der Waals surface area contributed by atoms with Crippen LogP contribution >= 0.6 is 7.37 Å². The van der Waals surface area contributed by atoms with Gasteiger partial charge in [-0.1, -0.05) is 92.7 Å². The Balaban J connectivity index is 1.77. The topological polar surface area (TPSA) is 168 Å². The fraction of sp³-hybridized carbons (Fsp3) is 0.314.